The van der Waals surface area contributed by atoms with Gasteiger partial charge >= 0.3 is 0 Å². The zero-order valence-electron chi connectivity index (χ0n) is 16.3. The molecule has 1 saturated heterocycles. The number of benzene rings is 2. The van der Waals surface area contributed by atoms with Crippen molar-refractivity contribution in [2.75, 3.05) is 37.7 Å². The third-order valence-corrected chi connectivity index (χ3v) is 5.77. The van der Waals surface area contributed by atoms with E-state index in [1.54, 1.807) is 25.2 Å². The van der Waals surface area contributed by atoms with Crippen LogP contribution in [-0.4, -0.2) is 53.4 Å². The van der Waals surface area contributed by atoms with Crippen LogP contribution in [0.2, 0.25) is 0 Å². The van der Waals surface area contributed by atoms with Gasteiger partial charge in [0.15, 0.2) is 5.69 Å². The maximum absolute atomic E-state index is 13.2. The van der Waals surface area contributed by atoms with Gasteiger partial charge in [-0.2, -0.15) is 5.10 Å². The summed E-state index contributed by atoms with van der Waals surface area (Å²) in [5.41, 5.74) is 2.53. The van der Waals surface area contributed by atoms with E-state index in [9.17, 15) is 9.59 Å². The van der Waals surface area contributed by atoms with Crippen molar-refractivity contribution < 1.29 is 9.53 Å². The number of fused-ring (bicyclic) bond motifs is 2. The van der Waals surface area contributed by atoms with Gasteiger partial charge in [-0.15, -0.1) is 0 Å². The predicted molar refractivity (Wildman–Crippen MR) is 111 cm³/mol. The highest BCUT2D eigenvalue weighted by Crippen LogP contribution is 2.30. The second kappa shape index (κ2) is 6.92. The normalized spacial score (nSPS) is 16.0. The molecule has 3 aromatic rings. The van der Waals surface area contributed by atoms with Gasteiger partial charge in [0.05, 0.1) is 12.0 Å². The summed E-state index contributed by atoms with van der Waals surface area (Å²) in [7, 11) is 1.58. The Morgan fingerprint density at radius 1 is 1.03 bits per heavy atom. The Balaban J connectivity index is 1.36. The Hall–Kier alpha value is -3.35. The van der Waals surface area contributed by atoms with E-state index in [4.69, 9.17) is 4.74 Å². The molecular weight excluding hydrogens is 368 g/mol. The minimum atomic E-state index is -0.194. The number of nitrogens with zero attached hydrogens (tertiary/aromatic N) is 4. The van der Waals surface area contributed by atoms with E-state index in [2.05, 4.69) is 28.2 Å². The van der Waals surface area contributed by atoms with E-state index in [-0.39, 0.29) is 11.5 Å². The molecule has 3 heterocycles. The number of hydrogen-bond donors (Lipinski definition) is 0. The molecule has 1 amide bonds. The van der Waals surface area contributed by atoms with E-state index in [0.717, 1.165) is 37.6 Å². The van der Waals surface area contributed by atoms with E-state index < -0.39 is 0 Å². The molecule has 5 rings (SSSR count). The maximum atomic E-state index is 13.2. The van der Waals surface area contributed by atoms with Crippen molar-refractivity contribution in [2.45, 2.75) is 6.42 Å². The Morgan fingerprint density at radius 3 is 2.59 bits per heavy atom. The Morgan fingerprint density at radius 2 is 1.79 bits per heavy atom. The number of anilines is 1. The van der Waals surface area contributed by atoms with Crippen LogP contribution >= 0.6 is 0 Å². The Bertz CT molecular complexity index is 1160. The summed E-state index contributed by atoms with van der Waals surface area (Å²) in [5.74, 6) is 0.843. The minimum absolute atomic E-state index is 0.131. The standard InChI is InChI=1S/C22H22N4O3/c1-24-21(27)18-5-3-2-4-17(18)20(23-24)22(28)26-11-9-25(10-12-26)16-7-6-15-8-13-29-19(15)14-16/h2-7,14H,8-13H2,1H3. The third kappa shape index (κ3) is 3.03. The second-order valence-corrected chi connectivity index (χ2v) is 7.49. The second-order valence-electron chi connectivity index (χ2n) is 7.49. The highest BCUT2D eigenvalue weighted by atomic mass is 16.5. The van der Waals surface area contributed by atoms with Crippen molar-refractivity contribution >= 4 is 22.4 Å². The van der Waals surface area contributed by atoms with Crippen LogP contribution in [0.3, 0.4) is 0 Å². The molecule has 0 saturated carbocycles. The number of hydrogen-bond acceptors (Lipinski definition) is 5. The highest BCUT2D eigenvalue weighted by molar-refractivity contribution is 6.04. The van der Waals surface area contributed by atoms with Crippen molar-refractivity contribution in [3.05, 3.63) is 64.1 Å². The predicted octanol–water partition coefficient (Wildman–Crippen LogP) is 1.83. The van der Waals surface area contributed by atoms with Crippen LogP contribution in [0.15, 0.2) is 47.3 Å². The van der Waals surface area contributed by atoms with E-state index in [0.29, 0.717) is 29.6 Å². The lowest BCUT2D eigenvalue weighted by Gasteiger charge is -2.36. The molecule has 0 atom stereocenters. The number of carbonyl (C=O) groups is 1. The lowest BCUT2D eigenvalue weighted by Crippen LogP contribution is -2.49. The first-order valence-electron chi connectivity index (χ1n) is 9.88. The molecule has 0 unspecified atom stereocenters. The number of ether oxygens (including phenoxy) is 1. The van der Waals surface area contributed by atoms with Crippen LogP contribution in [0.25, 0.3) is 10.8 Å². The Labute approximate surface area is 168 Å². The summed E-state index contributed by atoms with van der Waals surface area (Å²) in [6, 6.07) is 13.5. The summed E-state index contributed by atoms with van der Waals surface area (Å²) in [4.78, 5) is 29.6. The molecule has 0 aliphatic carbocycles. The molecule has 7 heteroatoms. The Kier molecular flexibility index (Phi) is 4.23. The van der Waals surface area contributed by atoms with Crippen molar-refractivity contribution in [3.8, 4) is 5.75 Å². The fourth-order valence-corrected chi connectivity index (χ4v) is 4.13. The molecule has 29 heavy (non-hydrogen) atoms. The molecule has 7 nitrogen and oxygen atoms in total. The lowest BCUT2D eigenvalue weighted by molar-refractivity contribution is 0.0740. The molecule has 148 valence electrons. The number of aromatic nitrogens is 2. The van der Waals surface area contributed by atoms with Crippen LogP contribution in [0.4, 0.5) is 5.69 Å². The molecule has 2 aliphatic heterocycles. The number of piperazine rings is 1. The van der Waals surface area contributed by atoms with Gasteiger partial charge in [0.25, 0.3) is 11.5 Å². The summed E-state index contributed by atoms with van der Waals surface area (Å²) >= 11 is 0. The van der Waals surface area contributed by atoms with Gasteiger partial charge in [0, 0.05) is 56.8 Å². The molecular formula is C22H22N4O3. The lowest BCUT2D eigenvalue weighted by atomic mass is 10.1. The summed E-state index contributed by atoms with van der Waals surface area (Å²) in [5, 5.41) is 5.40. The maximum Gasteiger partial charge on any atom is 0.275 e. The molecule has 0 spiro atoms. The van der Waals surface area contributed by atoms with Gasteiger partial charge < -0.3 is 14.5 Å². The third-order valence-electron chi connectivity index (χ3n) is 5.77. The van der Waals surface area contributed by atoms with Gasteiger partial charge in [-0.1, -0.05) is 24.3 Å². The molecule has 0 bridgehead atoms. The van der Waals surface area contributed by atoms with Gasteiger partial charge in [0.2, 0.25) is 0 Å². The van der Waals surface area contributed by atoms with Gasteiger partial charge in [-0.05, 0) is 17.7 Å². The highest BCUT2D eigenvalue weighted by Gasteiger charge is 2.26. The zero-order chi connectivity index (χ0) is 20.0. The molecule has 2 aliphatic rings. The fraction of sp³-hybridized carbons (Fsp3) is 0.318. The van der Waals surface area contributed by atoms with Gasteiger partial charge in [-0.3, -0.25) is 9.59 Å². The topological polar surface area (TPSA) is 67.7 Å². The number of rotatable bonds is 2. The minimum Gasteiger partial charge on any atom is -0.493 e. The van der Waals surface area contributed by atoms with E-state index in [1.807, 2.05) is 11.0 Å². The van der Waals surface area contributed by atoms with Crippen molar-refractivity contribution in [1.82, 2.24) is 14.7 Å². The molecule has 1 aromatic heterocycles. The summed E-state index contributed by atoms with van der Waals surface area (Å²) in [6.45, 7) is 3.45. The molecule has 2 aromatic carbocycles. The van der Waals surface area contributed by atoms with Crippen LogP contribution in [0.5, 0.6) is 5.75 Å². The average Bonchev–Trinajstić information content (AvgIpc) is 3.24. The first-order valence-corrected chi connectivity index (χ1v) is 9.88. The molecule has 0 N–H and O–H groups in total. The van der Waals surface area contributed by atoms with Crippen molar-refractivity contribution in [1.29, 1.82) is 0 Å². The van der Waals surface area contributed by atoms with E-state index >= 15 is 0 Å². The van der Waals surface area contributed by atoms with Gasteiger partial charge in [-0.25, -0.2) is 4.68 Å². The van der Waals surface area contributed by atoms with Crippen LogP contribution in [0.1, 0.15) is 16.1 Å². The summed E-state index contributed by atoms with van der Waals surface area (Å²) < 4.78 is 6.93. The molecule has 0 radical (unpaired) electrons. The first-order chi connectivity index (χ1) is 14.1. The van der Waals surface area contributed by atoms with Crippen LogP contribution in [0, 0.1) is 0 Å². The van der Waals surface area contributed by atoms with Crippen molar-refractivity contribution in [3.63, 3.8) is 0 Å². The summed E-state index contributed by atoms with van der Waals surface area (Å²) in [6.07, 6.45) is 0.971. The first kappa shape index (κ1) is 17.7. The molecule has 1 fully saturated rings. The fourth-order valence-electron chi connectivity index (χ4n) is 4.13. The average molecular weight is 390 g/mol. The largest absolute Gasteiger partial charge is 0.493 e. The zero-order valence-corrected chi connectivity index (χ0v) is 16.3. The van der Waals surface area contributed by atoms with E-state index in [1.165, 1.54) is 10.2 Å². The van der Waals surface area contributed by atoms with Crippen LogP contribution in [-0.2, 0) is 13.5 Å². The smallest absolute Gasteiger partial charge is 0.275 e. The van der Waals surface area contributed by atoms with Crippen molar-refractivity contribution in [2.24, 2.45) is 7.05 Å². The SMILES string of the molecule is Cn1nc(C(=O)N2CCN(c3ccc4c(c3)OCC4)CC2)c2ccccc2c1=O. The number of aryl methyl sites for hydroxylation is 1. The number of amides is 1. The van der Waals surface area contributed by atoms with Crippen LogP contribution < -0.4 is 15.2 Å². The van der Waals surface area contributed by atoms with Gasteiger partial charge in [0.1, 0.15) is 5.75 Å². The monoisotopic (exact) mass is 390 g/mol. The quantitative estimate of drug-likeness (QED) is 0.668. The number of carbonyl (C=O) groups excluding carboxylic acids is 1.